The van der Waals surface area contributed by atoms with Gasteiger partial charge in [-0.3, -0.25) is 9.59 Å². The van der Waals surface area contributed by atoms with Gasteiger partial charge in [0, 0.05) is 36.1 Å². The Balaban J connectivity index is 1.91. The number of thioether (sulfide) groups is 1. The van der Waals surface area contributed by atoms with Crippen LogP contribution >= 0.6 is 11.8 Å². The lowest BCUT2D eigenvalue weighted by atomic mass is 10.1. The number of ether oxygens (including phenoxy) is 1. The van der Waals surface area contributed by atoms with Crippen LogP contribution in [0, 0.1) is 11.6 Å². The van der Waals surface area contributed by atoms with Gasteiger partial charge in [-0.2, -0.15) is 11.8 Å². The van der Waals surface area contributed by atoms with Crippen LogP contribution in [0.4, 0.5) is 8.78 Å². The molecule has 0 bridgehead atoms. The van der Waals surface area contributed by atoms with Gasteiger partial charge < -0.3 is 9.64 Å². The smallest absolute Gasteiger partial charge is 0.306 e. The molecule has 4 nitrogen and oxygen atoms in total. The zero-order valence-corrected chi connectivity index (χ0v) is 14.4. The second kappa shape index (κ2) is 9.01. The standard InChI is InChI=1S/C17H21F2NO3S/c1-2-23-17(22)6-5-16(21)20-8-7-15(24-10-9-20)13-11-12(18)3-4-14(13)19/h3-4,11,15H,2,5-10H2,1H3. The van der Waals surface area contributed by atoms with Gasteiger partial charge in [-0.05, 0) is 31.5 Å². The Morgan fingerprint density at radius 3 is 2.83 bits per heavy atom. The van der Waals surface area contributed by atoms with E-state index < -0.39 is 11.6 Å². The molecule has 1 aliphatic heterocycles. The van der Waals surface area contributed by atoms with Gasteiger partial charge in [0.05, 0.1) is 13.0 Å². The van der Waals surface area contributed by atoms with Gasteiger partial charge in [0.25, 0.3) is 0 Å². The zero-order chi connectivity index (χ0) is 17.5. The van der Waals surface area contributed by atoms with E-state index >= 15 is 0 Å². The van der Waals surface area contributed by atoms with Crippen LogP contribution in [0.3, 0.4) is 0 Å². The maximum absolute atomic E-state index is 13.9. The highest BCUT2D eigenvalue weighted by Crippen LogP contribution is 2.36. The maximum Gasteiger partial charge on any atom is 0.306 e. The van der Waals surface area contributed by atoms with E-state index in [1.54, 1.807) is 11.8 Å². The Morgan fingerprint density at radius 2 is 2.08 bits per heavy atom. The molecule has 132 valence electrons. The minimum Gasteiger partial charge on any atom is -0.466 e. The topological polar surface area (TPSA) is 46.6 Å². The van der Waals surface area contributed by atoms with Gasteiger partial charge in [0.2, 0.25) is 5.91 Å². The van der Waals surface area contributed by atoms with Crippen molar-refractivity contribution in [3.8, 4) is 0 Å². The molecule has 1 saturated heterocycles. The third-order valence-corrected chi connectivity index (χ3v) is 5.16. The number of rotatable bonds is 5. The molecule has 0 aliphatic carbocycles. The molecule has 1 heterocycles. The third-order valence-electron chi connectivity index (χ3n) is 3.85. The van der Waals surface area contributed by atoms with Crippen molar-refractivity contribution in [2.75, 3.05) is 25.4 Å². The number of esters is 1. The van der Waals surface area contributed by atoms with E-state index in [4.69, 9.17) is 4.74 Å². The average Bonchev–Trinajstić information content (AvgIpc) is 2.81. The highest BCUT2D eigenvalue weighted by Gasteiger charge is 2.24. The van der Waals surface area contributed by atoms with Crippen molar-refractivity contribution in [3.05, 3.63) is 35.4 Å². The number of halogens is 2. The largest absolute Gasteiger partial charge is 0.466 e. The number of carbonyl (C=O) groups is 2. The summed E-state index contributed by atoms with van der Waals surface area (Å²) < 4.78 is 32.1. The van der Waals surface area contributed by atoms with Gasteiger partial charge >= 0.3 is 5.97 Å². The molecule has 1 fully saturated rings. The number of amides is 1. The number of hydrogen-bond donors (Lipinski definition) is 0. The first-order chi connectivity index (χ1) is 11.5. The third kappa shape index (κ3) is 5.19. The quantitative estimate of drug-likeness (QED) is 0.759. The highest BCUT2D eigenvalue weighted by atomic mass is 32.2. The normalized spacial score (nSPS) is 18.1. The van der Waals surface area contributed by atoms with Crippen molar-refractivity contribution in [1.82, 2.24) is 4.90 Å². The van der Waals surface area contributed by atoms with Gasteiger partial charge in [-0.25, -0.2) is 8.78 Å². The number of benzene rings is 1. The summed E-state index contributed by atoms with van der Waals surface area (Å²) in [7, 11) is 0. The summed E-state index contributed by atoms with van der Waals surface area (Å²) >= 11 is 1.52. The Kier molecular flexibility index (Phi) is 7.02. The van der Waals surface area contributed by atoms with Crippen LogP contribution in [0.1, 0.15) is 37.0 Å². The second-order valence-corrected chi connectivity index (χ2v) is 6.81. The van der Waals surface area contributed by atoms with Crippen LogP contribution in [-0.2, 0) is 14.3 Å². The molecule has 24 heavy (non-hydrogen) atoms. The molecule has 1 aromatic rings. The molecule has 7 heteroatoms. The molecule has 0 saturated carbocycles. The summed E-state index contributed by atoms with van der Waals surface area (Å²) in [5, 5.41) is -0.177. The highest BCUT2D eigenvalue weighted by molar-refractivity contribution is 7.99. The zero-order valence-electron chi connectivity index (χ0n) is 13.6. The van der Waals surface area contributed by atoms with E-state index in [-0.39, 0.29) is 30.0 Å². The van der Waals surface area contributed by atoms with Crippen LogP contribution in [0.5, 0.6) is 0 Å². The number of nitrogens with zero attached hydrogens (tertiary/aromatic N) is 1. The minimum absolute atomic E-state index is 0.0677. The monoisotopic (exact) mass is 357 g/mol. The van der Waals surface area contributed by atoms with Crippen LogP contribution in [0.25, 0.3) is 0 Å². The van der Waals surface area contributed by atoms with Gasteiger partial charge in [0.15, 0.2) is 0 Å². The Morgan fingerprint density at radius 1 is 1.29 bits per heavy atom. The SMILES string of the molecule is CCOC(=O)CCC(=O)N1CCSC(c2cc(F)ccc2F)CC1. The Hall–Kier alpha value is -1.63. The lowest BCUT2D eigenvalue weighted by Crippen LogP contribution is -2.33. The summed E-state index contributed by atoms with van der Waals surface area (Å²) in [6.45, 7) is 3.03. The predicted octanol–water partition coefficient (Wildman–Crippen LogP) is 3.31. The molecule has 0 N–H and O–H groups in total. The summed E-state index contributed by atoms with van der Waals surface area (Å²) in [6, 6.07) is 3.47. The lowest BCUT2D eigenvalue weighted by Gasteiger charge is -2.20. The molecule has 1 aliphatic rings. The summed E-state index contributed by atoms with van der Waals surface area (Å²) in [5.74, 6) is -0.723. The Labute approximate surface area is 144 Å². The average molecular weight is 357 g/mol. The van der Waals surface area contributed by atoms with Crippen molar-refractivity contribution < 1.29 is 23.1 Å². The van der Waals surface area contributed by atoms with Crippen LogP contribution in [-0.4, -0.2) is 42.2 Å². The lowest BCUT2D eigenvalue weighted by molar-refractivity contribution is -0.145. The molecule has 1 amide bonds. The molecule has 1 unspecified atom stereocenters. The first-order valence-corrected chi connectivity index (χ1v) is 9.06. The summed E-state index contributed by atoms with van der Waals surface area (Å²) in [6.07, 6.45) is 0.733. The maximum atomic E-state index is 13.9. The molecular formula is C17H21F2NO3S. The molecule has 1 atom stereocenters. The van der Waals surface area contributed by atoms with Crippen LogP contribution < -0.4 is 0 Å². The molecular weight excluding hydrogens is 336 g/mol. The van der Waals surface area contributed by atoms with E-state index in [0.29, 0.717) is 37.4 Å². The first-order valence-electron chi connectivity index (χ1n) is 8.01. The molecule has 0 radical (unpaired) electrons. The fourth-order valence-corrected chi connectivity index (χ4v) is 3.87. The van der Waals surface area contributed by atoms with E-state index in [1.165, 1.54) is 17.8 Å². The van der Waals surface area contributed by atoms with Gasteiger partial charge in [0.1, 0.15) is 11.6 Å². The Bertz CT molecular complexity index is 597. The summed E-state index contributed by atoms with van der Waals surface area (Å²) in [4.78, 5) is 25.2. The van der Waals surface area contributed by atoms with E-state index in [2.05, 4.69) is 0 Å². The number of hydrogen-bond acceptors (Lipinski definition) is 4. The molecule has 0 spiro atoms. The minimum atomic E-state index is -0.460. The number of carbonyl (C=O) groups excluding carboxylic acids is 2. The van der Waals surface area contributed by atoms with E-state index in [9.17, 15) is 18.4 Å². The molecule has 2 rings (SSSR count). The van der Waals surface area contributed by atoms with Crippen molar-refractivity contribution in [1.29, 1.82) is 0 Å². The fraction of sp³-hybridized carbons (Fsp3) is 0.529. The molecule has 1 aromatic carbocycles. The summed E-state index contributed by atoms with van der Waals surface area (Å²) in [5.41, 5.74) is 0.348. The van der Waals surface area contributed by atoms with Crippen molar-refractivity contribution in [3.63, 3.8) is 0 Å². The molecule has 0 aromatic heterocycles. The van der Waals surface area contributed by atoms with Crippen molar-refractivity contribution >= 4 is 23.6 Å². The van der Waals surface area contributed by atoms with Gasteiger partial charge in [-0.15, -0.1) is 0 Å². The van der Waals surface area contributed by atoms with E-state index in [1.807, 2.05) is 0 Å². The van der Waals surface area contributed by atoms with E-state index in [0.717, 1.165) is 12.1 Å². The van der Waals surface area contributed by atoms with Crippen LogP contribution in [0.2, 0.25) is 0 Å². The second-order valence-electron chi connectivity index (χ2n) is 5.50. The van der Waals surface area contributed by atoms with Crippen LogP contribution in [0.15, 0.2) is 18.2 Å². The fourth-order valence-electron chi connectivity index (χ4n) is 2.63. The first kappa shape index (κ1) is 18.7. The van der Waals surface area contributed by atoms with Crippen molar-refractivity contribution in [2.45, 2.75) is 31.4 Å². The van der Waals surface area contributed by atoms with Crippen molar-refractivity contribution in [2.24, 2.45) is 0 Å². The predicted molar refractivity (Wildman–Crippen MR) is 88.6 cm³/mol. The van der Waals surface area contributed by atoms with Gasteiger partial charge in [-0.1, -0.05) is 0 Å².